The molecule has 0 saturated carbocycles. The van der Waals surface area contributed by atoms with Gasteiger partial charge in [0.25, 0.3) is 5.56 Å². The van der Waals surface area contributed by atoms with Gasteiger partial charge in [-0.1, -0.05) is 18.7 Å². The summed E-state index contributed by atoms with van der Waals surface area (Å²) < 4.78 is 1.58. The minimum absolute atomic E-state index is 0.0336. The van der Waals surface area contributed by atoms with Gasteiger partial charge in [0.15, 0.2) is 5.16 Å². The highest BCUT2D eigenvalue weighted by Gasteiger charge is 2.24. The average molecular weight is 342 g/mol. The van der Waals surface area contributed by atoms with Crippen molar-refractivity contribution in [3.8, 4) is 17.3 Å². The number of pyridine rings is 1. The topological polar surface area (TPSA) is 91.8 Å². The Kier molecular flexibility index (Phi) is 4.20. The van der Waals surface area contributed by atoms with Crippen molar-refractivity contribution in [1.29, 1.82) is 5.26 Å². The number of nitriles is 1. The van der Waals surface area contributed by atoms with E-state index in [2.05, 4.69) is 16.9 Å². The maximum Gasteiger partial charge on any atom is 0.272 e. The molecule has 2 aromatic rings. The minimum atomic E-state index is -1.05. The van der Waals surface area contributed by atoms with Gasteiger partial charge in [-0.15, -0.1) is 0 Å². The predicted molar refractivity (Wildman–Crippen MR) is 91.6 cm³/mol. The van der Waals surface area contributed by atoms with E-state index in [4.69, 9.17) is 0 Å². The average Bonchev–Trinajstić information content (AvgIpc) is 2.54. The first-order valence-corrected chi connectivity index (χ1v) is 8.67. The lowest BCUT2D eigenvalue weighted by Crippen LogP contribution is -2.32. The Morgan fingerprint density at radius 3 is 2.79 bits per heavy atom. The van der Waals surface area contributed by atoms with Crippen molar-refractivity contribution in [3.63, 3.8) is 0 Å². The molecule has 7 heteroatoms. The summed E-state index contributed by atoms with van der Waals surface area (Å²) in [5, 5.41) is 20.1. The van der Waals surface area contributed by atoms with Gasteiger partial charge in [-0.05, 0) is 31.9 Å². The molecular formula is C17H18N4O2S. The normalized spacial score (nSPS) is 17.2. The molecule has 124 valence electrons. The Morgan fingerprint density at radius 2 is 2.21 bits per heavy atom. The second-order valence-electron chi connectivity index (χ2n) is 6.55. The molecule has 6 nitrogen and oxygen atoms in total. The van der Waals surface area contributed by atoms with Crippen LogP contribution in [0, 0.1) is 17.2 Å². The van der Waals surface area contributed by atoms with Crippen LogP contribution in [0.5, 0.6) is 0 Å². The van der Waals surface area contributed by atoms with E-state index in [1.807, 2.05) is 6.07 Å². The van der Waals surface area contributed by atoms with Crippen LogP contribution in [0.3, 0.4) is 0 Å². The second kappa shape index (κ2) is 6.04. The number of nitrogens with zero attached hydrogens (tertiary/aromatic N) is 4. The third kappa shape index (κ3) is 2.95. The molecular weight excluding hydrogens is 324 g/mol. The molecule has 0 bridgehead atoms. The van der Waals surface area contributed by atoms with E-state index in [1.54, 1.807) is 36.7 Å². The van der Waals surface area contributed by atoms with E-state index >= 15 is 0 Å². The number of thioether (sulfide) groups is 1. The zero-order chi connectivity index (χ0) is 17.5. The maximum atomic E-state index is 12.6. The van der Waals surface area contributed by atoms with E-state index in [1.165, 1.54) is 11.8 Å². The van der Waals surface area contributed by atoms with Crippen LogP contribution in [0.15, 0.2) is 28.3 Å². The Hall–Kier alpha value is -2.17. The van der Waals surface area contributed by atoms with Crippen LogP contribution in [-0.2, 0) is 12.1 Å². The van der Waals surface area contributed by atoms with Crippen molar-refractivity contribution in [2.75, 3.05) is 5.75 Å². The number of rotatable bonds is 2. The van der Waals surface area contributed by atoms with Gasteiger partial charge >= 0.3 is 0 Å². The molecule has 0 spiro atoms. The SMILES string of the molecule is CC1CSc2nc(-c3ccc(C(C)(C)O)nc3)c(C#N)c(=O)n2C1. The van der Waals surface area contributed by atoms with Crippen molar-refractivity contribution in [2.24, 2.45) is 5.92 Å². The monoisotopic (exact) mass is 342 g/mol. The third-order valence-electron chi connectivity index (χ3n) is 3.90. The second-order valence-corrected chi connectivity index (χ2v) is 7.54. The molecule has 1 aliphatic heterocycles. The smallest absolute Gasteiger partial charge is 0.272 e. The van der Waals surface area contributed by atoms with Gasteiger partial charge in [0.2, 0.25) is 0 Å². The summed E-state index contributed by atoms with van der Waals surface area (Å²) in [6.45, 7) is 5.95. The first kappa shape index (κ1) is 16.7. The molecule has 2 aromatic heterocycles. The Labute approximate surface area is 144 Å². The van der Waals surface area contributed by atoms with Crippen molar-refractivity contribution in [2.45, 2.75) is 38.1 Å². The van der Waals surface area contributed by atoms with Crippen LogP contribution in [0.4, 0.5) is 0 Å². The maximum absolute atomic E-state index is 12.6. The van der Waals surface area contributed by atoms with Crippen molar-refractivity contribution in [3.05, 3.63) is 39.9 Å². The fraction of sp³-hybridized carbons (Fsp3) is 0.412. The summed E-state index contributed by atoms with van der Waals surface area (Å²) in [6, 6.07) is 5.41. The van der Waals surface area contributed by atoms with Crippen LogP contribution >= 0.6 is 11.8 Å². The quantitative estimate of drug-likeness (QED) is 0.841. The number of aromatic nitrogens is 3. The summed E-state index contributed by atoms with van der Waals surface area (Å²) in [5.74, 6) is 1.26. The van der Waals surface area contributed by atoms with Crippen molar-refractivity contribution in [1.82, 2.24) is 14.5 Å². The van der Waals surface area contributed by atoms with Gasteiger partial charge in [0.1, 0.15) is 17.2 Å². The highest BCUT2D eigenvalue weighted by atomic mass is 32.2. The molecule has 0 radical (unpaired) electrons. The molecule has 0 fully saturated rings. The Morgan fingerprint density at radius 1 is 1.46 bits per heavy atom. The summed E-state index contributed by atoms with van der Waals surface area (Å²) in [7, 11) is 0. The number of fused-ring (bicyclic) bond motifs is 1. The van der Waals surface area contributed by atoms with Crippen molar-refractivity contribution < 1.29 is 5.11 Å². The fourth-order valence-corrected chi connectivity index (χ4v) is 3.60. The number of hydrogen-bond donors (Lipinski definition) is 1. The van der Waals surface area contributed by atoms with Crippen LogP contribution in [0.25, 0.3) is 11.3 Å². The van der Waals surface area contributed by atoms with Crippen LogP contribution in [0.1, 0.15) is 32.0 Å². The zero-order valence-electron chi connectivity index (χ0n) is 13.8. The highest BCUT2D eigenvalue weighted by Crippen LogP contribution is 2.29. The van der Waals surface area contributed by atoms with Crippen molar-refractivity contribution >= 4 is 11.8 Å². The van der Waals surface area contributed by atoms with Gasteiger partial charge in [-0.3, -0.25) is 14.3 Å². The lowest BCUT2D eigenvalue weighted by atomic mass is 10.0. The van der Waals surface area contributed by atoms with Crippen LogP contribution in [-0.4, -0.2) is 25.4 Å². The predicted octanol–water partition coefficient (Wildman–Crippen LogP) is 2.15. The van der Waals surface area contributed by atoms with Gasteiger partial charge in [0.05, 0.1) is 11.4 Å². The fourth-order valence-electron chi connectivity index (χ4n) is 2.59. The molecule has 3 rings (SSSR count). The molecule has 0 amide bonds. The van der Waals surface area contributed by atoms with E-state index in [-0.39, 0.29) is 11.1 Å². The van der Waals surface area contributed by atoms with E-state index in [0.29, 0.717) is 34.6 Å². The van der Waals surface area contributed by atoms with Crippen LogP contribution in [0.2, 0.25) is 0 Å². The standard InChI is InChI=1S/C17H18N4O2S/c1-10-8-21-15(22)12(6-18)14(20-16(21)24-9-10)11-4-5-13(19-7-11)17(2,3)23/h4-5,7,10,23H,8-9H2,1-3H3. The lowest BCUT2D eigenvalue weighted by Gasteiger charge is -2.23. The molecule has 1 unspecified atom stereocenters. The summed E-state index contributed by atoms with van der Waals surface area (Å²) in [5.41, 5.74) is 0.146. The summed E-state index contributed by atoms with van der Waals surface area (Å²) in [6.07, 6.45) is 1.54. The molecule has 1 aliphatic rings. The largest absolute Gasteiger partial charge is 0.384 e. The molecule has 0 saturated heterocycles. The molecule has 1 N–H and O–H groups in total. The number of hydrogen-bond acceptors (Lipinski definition) is 6. The molecule has 3 heterocycles. The van der Waals surface area contributed by atoms with E-state index in [0.717, 1.165) is 5.75 Å². The first-order chi connectivity index (χ1) is 11.3. The molecule has 0 aromatic carbocycles. The lowest BCUT2D eigenvalue weighted by molar-refractivity contribution is 0.0739. The van der Waals surface area contributed by atoms with Gasteiger partial charge in [-0.2, -0.15) is 5.26 Å². The Balaban J connectivity index is 2.14. The molecule has 24 heavy (non-hydrogen) atoms. The third-order valence-corrected chi connectivity index (χ3v) is 5.21. The highest BCUT2D eigenvalue weighted by molar-refractivity contribution is 7.99. The van der Waals surface area contributed by atoms with Gasteiger partial charge in [-0.25, -0.2) is 4.98 Å². The van der Waals surface area contributed by atoms with Gasteiger partial charge < -0.3 is 5.11 Å². The summed E-state index contributed by atoms with van der Waals surface area (Å²) in [4.78, 5) is 21.4. The Bertz CT molecular complexity index is 876. The molecule has 1 atom stereocenters. The first-order valence-electron chi connectivity index (χ1n) is 7.68. The zero-order valence-corrected chi connectivity index (χ0v) is 14.6. The van der Waals surface area contributed by atoms with Gasteiger partial charge in [0, 0.05) is 24.1 Å². The summed E-state index contributed by atoms with van der Waals surface area (Å²) >= 11 is 1.53. The van der Waals surface area contributed by atoms with E-state index < -0.39 is 5.60 Å². The minimum Gasteiger partial charge on any atom is -0.384 e. The van der Waals surface area contributed by atoms with Crippen LogP contribution < -0.4 is 5.56 Å². The van der Waals surface area contributed by atoms with E-state index in [9.17, 15) is 15.2 Å². The number of aliphatic hydroxyl groups is 1. The molecule has 0 aliphatic carbocycles.